The molecule has 0 unspecified atom stereocenters. The molecular weight excluding hydrogens is 288 g/mol. The number of rotatable bonds is 4. The van der Waals surface area contributed by atoms with E-state index in [4.69, 9.17) is 0 Å². The summed E-state index contributed by atoms with van der Waals surface area (Å²) in [5.41, 5.74) is 1.18. The Morgan fingerprint density at radius 1 is 1.29 bits per heavy atom. The molecule has 1 aromatic rings. The van der Waals surface area contributed by atoms with Crippen LogP contribution in [0.15, 0.2) is 24.3 Å². The minimum Gasteiger partial charge on any atom is -0.326 e. The third-order valence-electron chi connectivity index (χ3n) is 2.99. The van der Waals surface area contributed by atoms with E-state index < -0.39 is 0 Å². The highest BCUT2D eigenvalue weighted by Gasteiger charge is 2.40. The van der Waals surface area contributed by atoms with Crippen molar-refractivity contribution in [3.63, 3.8) is 0 Å². The Hall–Kier alpha value is -1.82. The highest BCUT2D eigenvalue weighted by Crippen LogP contribution is 2.32. The number of imide groups is 1. The summed E-state index contributed by atoms with van der Waals surface area (Å²) in [6.07, 6.45) is 0.245. The summed E-state index contributed by atoms with van der Waals surface area (Å²) in [6, 6.07) is 6.70. The second-order valence-corrected chi connectivity index (χ2v) is 6.96. The number of hydrogen-bond acceptors (Lipinski definition) is 4. The molecule has 5 nitrogen and oxygen atoms in total. The second kappa shape index (κ2) is 6.30. The molecule has 1 aromatic carbocycles. The summed E-state index contributed by atoms with van der Waals surface area (Å²) in [6.45, 7) is 5.44. The van der Waals surface area contributed by atoms with Crippen molar-refractivity contribution in [1.82, 2.24) is 0 Å². The average molecular weight is 306 g/mol. The molecule has 1 saturated heterocycles. The quantitative estimate of drug-likeness (QED) is 0.868. The Labute approximate surface area is 128 Å². The maximum atomic E-state index is 12.3. The van der Waals surface area contributed by atoms with Crippen LogP contribution in [0, 0.1) is 0 Å². The molecule has 1 aliphatic rings. The van der Waals surface area contributed by atoms with Crippen LogP contribution in [0.5, 0.6) is 0 Å². The topological polar surface area (TPSA) is 66.5 Å². The van der Waals surface area contributed by atoms with E-state index in [0.717, 1.165) is 0 Å². The first-order chi connectivity index (χ1) is 9.88. The van der Waals surface area contributed by atoms with Gasteiger partial charge < -0.3 is 5.32 Å². The van der Waals surface area contributed by atoms with Crippen molar-refractivity contribution < 1.29 is 14.4 Å². The van der Waals surface area contributed by atoms with Crippen molar-refractivity contribution in [1.29, 1.82) is 0 Å². The van der Waals surface area contributed by atoms with Crippen molar-refractivity contribution in [3.05, 3.63) is 24.3 Å². The predicted molar refractivity (Wildman–Crippen MR) is 84.4 cm³/mol. The maximum Gasteiger partial charge on any atom is 0.247 e. The molecule has 1 heterocycles. The van der Waals surface area contributed by atoms with Gasteiger partial charge in [0.2, 0.25) is 17.7 Å². The number of hydrogen-bond donors (Lipinski definition) is 1. The standard InChI is InChI=1S/C15H18N2O3S/c1-9(2)21-13-8-14(19)17(15(13)20)12-6-4-11(5-7-12)16-10(3)18/h4-7,9,13H,8H2,1-3H3,(H,16,18)/t13-/m0/s1. The van der Waals surface area contributed by atoms with Crippen molar-refractivity contribution in [3.8, 4) is 0 Å². The zero-order chi connectivity index (χ0) is 15.6. The SMILES string of the molecule is CC(=O)Nc1ccc(N2C(=O)C[C@H](SC(C)C)C2=O)cc1. The lowest BCUT2D eigenvalue weighted by Crippen LogP contribution is -2.31. The largest absolute Gasteiger partial charge is 0.326 e. The van der Waals surface area contributed by atoms with Crippen LogP contribution in [-0.4, -0.2) is 28.2 Å². The summed E-state index contributed by atoms with van der Waals surface area (Å²) in [5.74, 6) is -0.499. The lowest BCUT2D eigenvalue weighted by molar-refractivity contribution is -0.121. The number of benzene rings is 1. The van der Waals surface area contributed by atoms with E-state index in [1.165, 1.54) is 23.6 Å². The molecule has 0 aromatic heterocycles. The van der Waals surface area contributed by atoms with Crippen LogP contribution in [0.2, 0.25) is 0 Å². The summed E-state index contributed by atoms with van der Waals surface area (Å²) >= 11 is 1.51. The number of nitrogens with zero attached hydrogens (tertiary/aromatic N) is 1. The highest BCUT2D eigenvalue weighted by molar-refractivity contribution is 8.01. The van der Waals surface area contributed by atoms with Crippen molar-refractivity contribution in [2.75, 3.05) is 10.2 Å². The van der Waals surface area contributed by atoms with Crippen molar-refractivity contribution in [2.24, 2.45) is 0 Å². The number of nitrogens with one attached hydrogen (secondary N) is 1. The summed E-state index contributed by atoms with van der Waals surface area (Å²) < 4.78 is 0. The molecule has 1 atom stereocenters. The molecular formula is C15H18N2O3S. The minimum atomic E-state index is -0.299. The van der Waals surface area contributed by atoms with Gasteiger partial charge in [0.15, 0.2) is 0 Å². The van der Waals surface area contributed by atoms with Gasteiger partial charge in [-0.2, -0.15) is 0 Å². The van der Waals surface area contributed by atoms with Gasteiger partial charge in [-0.1, -0.05) is 13.8 Å². The number of anilines is 2. The molecule has 21 heavy (non-hydrogen) atoms. The maximum absolute atomic E-state index is 12.3. The Kier molecular flexibility index (Phi) is 4.67. The molecule has 0 spiro atoms. The first kappa shape index (κ1) is 15.6. The molecule has 112 valence electrons. The average Bonchev–Trinajstić information content (AvgIpc) is 2.64. The Bertz CT molecular complexity index is 569. The molecule has 0 radical (unpaired) electrons. The Balaban J connectivity index is 2.16. The lowest BCUT2D eigenvalue weighted by atomic mass is 10.2. The third kappa shape index (κ3) is 3.64. The van der Waals surface area contributed by atoms with Gasteiger partial charge in [-0.25, -0.2) is 4.90 Å². The van der Waals surface area contributed by atoms with Crippen LogP contribution < -0.4 is 10.2 Å². The van der Waals surface area contributed by atoms with Gasteiger partial charge in [-0.15, -0.1) is 11.8 Å². The molecule has 3 amide bonds. The summed E-state index contributed by atoms with van der Waals surface area (Å²) in [5, 5.41) is 2.65. The van der Waals surface area contributed by atoms with Gasteiger partial charge >= 0.3 is 0 Å². The summed E-state index contributed by atoms with van der Waals surface area (Å²) in [4.78, 5) is 36.6. The molecule has 2 rings (SSSR count). The monoisotopic (exact) mass is 306 g/mol. The van der Waals surface area contributed by atoms with Crippen molar-refractivity contribution >= 4 is 40.9 Å². The van der Waals surface area contributed by atoms with Crippen molar-refractivity contribution in [2.45, 2.75) is 37.7 Å². The normalized spacial score (nSPS) is 18.5. The molecule has 1 aliphatic heterocycles. The van der Waals surface area contributed by atoms with E-state index in [9.17, 15) is 14.4 Å². The van der Waals surface area contributed by atoms with E-state index in [1.807, 2.05) is 13.8 Å². The fourth-order valence-corrected chi connectivity index (χ4v) is 3.32. The predicted octanol–water partition coefficient (Wildman–Crippen LogP) is 2.42. The zero-order valence-corrected chi connectivity index (χ0v) is 13.1. The first-order valence-electron chi connectivity index (χ1n) is 6.78. The molecule has 1 N–H and O–H groups in total. The number of thioether (sulfide) groups is 1. The van der Waals surface area contributed by atoms with E-state index in [2.05, 4.69) is 5.32 Å². The van der Waals surface area contributed by atoms with Crippen LogP contribution in [-0.2, 0) is 14.4 Å². The van der Waals surface area contributed by atoms with Crippen LogP contribution in [0.3, 0.4) is 0 Å². The fraction of sp³-hybridized carbons (Fsp3) is 0.400. The number of carbonyl (C=O) groups is 3. The number of carbonyl (C=O) groups excluding carboxylic acids is 3. The Morgan fingerprint density at radius 2 is 1.90 bits per heavy atom. The smallest absolute Gasteiger partial charge is 0.247 e. The van der Waals surface area contributed by atoms with Gasteiger partial charge in [0.05, 0.1) is 10.9 Å². The second-order valence-electron chi connectivity index (χ2n) is 5.17. The summed E-state index contributed by atoms with van der Waals surface area (Å²) in [7, 11) is 0. The minimum absolute atomic E-state index is 0.161. The van der Waals surface area contributed by atoms with Gasteiger partial charge in [0.25, 0.3) is 0 Å². The zero-order valence-electron chi connectivity index (χ0n) is 12.3. The molecule has 1 fully saturated rings. The van der Waals surface area contributed by atoms with Crippen LogP contribution in [0.4, 0.5) is 11.4 Å². The molecule has 6 heteroatoms. The van der Waals surface area contributed by atoms with Crippen LogP contribution >= 0.6 is 11.8 Å². The van der Waals surface area contributed by atoms with E-state index in [1.54, 1.807) is 24.3 Å². The molecule has 0 bridgehead atoms. The highest BCUT2D eigenvalue weighted by atomic mass is 32.2. The van der Waals surface area contributed by atoms with Crippen LogP contribution in [0.25, 0.3) is 0 Å². The fourth-order valence-electron chi connectivity index (χ4n) is 2.21. The van der Waals surface area contributed by atoms with E-state index in [0.29, 0.717) is 16.6 Å². The van der Waals surface area contributed by atoms with Gasteiger partial charge in [0, 0.05) is 19.0 Å². The first-order valence-corrected chi connectivity index (χ1v) is 7.72. The molecule has 0 aliphatic carbocycles. The van der Waals surface area contributed by atoms with E-state index >= 15 is 0 Å². The van der Waals surface area contributed by atoms with E-state index in [-0.39, 0.29) is 29.4 Å². The molecule has 0 saturated carbocycles. The third-order valence-corrected chi connectivity index (χ3v) is 4.23. The lowest BCUT2D eigenvalue weighted by Gasteiger charge is -2.16. The van der Waals surface area contributed by atoms with Gasteiger partial charge in [-0.3, -0.25) is 14.4 Å². The van der Waals surface area contributed by atoms with Crippen LogP contribution in [0.1, 0.15) is 27.2 Å². The number of amides is 3. The van der Waals surface area contributed by atoms with Gasteiger partial charge in [-0.05, 0) is 29.5 Å². The van der Waals surface area contributed by atoms with Gasteiger partial charge in [0.1, 0.15) is 0 Å². The Morgan fingerprint density at radius 3 is 2.43 bits per heavy atom.